The van der Waals surface area contributed by atoms with Crippen LogP contribution >= 0.6 is 11.6 Å². The van der Waals surface area contributed by atoms with E-state index in [0.29, 0.717) is 22.2 Å². The number of nitrogens with one attached hydrogen (secondary N) is 1. The molecule has 0 aliphatic carbocycles. The van der Waals surface area contributed by atoms with Gasteiger partial charge in [-0.1, -0.05) is 17.7 Å². The fraction of sp³-hybridized carbons (Fsp3) is 0.125. The zero-order valence-electron chi connectivity index (χ0n) is 11.8. The van der Waals surface area contributed by atoms with Crippen LogP contribution in [0.5, 0.6) is 11.5 Å². The van der Waals surface area contributed by atoms with E-state index in [4.69, 9.17) is 21.1 Å². The summed E-state index contributed by atoms with van der Waals surface area (Å²) in [5.41, 5.74) is 0.552. The molecule has 1 amide bonds. The number of halogens is 1. The summed E-state index contributed by atoms with van der Waals surface area (Å²) in [6.45, 7) is 1.17. The second kappa shape index (κ2) is 7.47. The van der Waals surface area contributed by atoms with Crippen molar-refractivity contribution in [2.45, 2.75) is 6.92 Å². The molecule has 0 radical (unpaired) electrons. The van der Waals surface area contributed by atoms with E-state index in [1.165, 1.54) is 6.92 Å². The third kappa shape index (κ3) is 5.10. The molecule has 0 atom stereocenters. The van der Waals surface area contributed by atoms with Gasteiger partial charge in [-0.05, 0) is 36.4 Å². The average Bonchev–Trinajstić information content (AvgIpc) is 2.46. The van der Waals surface area contributed by atoms with Crippen molar-refractivity contribution in [1.82, 2.24) is 0 Å². The number of hydrogen-bond acceptors (Lipinski definition) is 4. The maximum atomic E-state index is 11.7. The van der Waals surface area contributed by atoms with Crippen LogP contribution in [0.4, 0.5) is 5.69 Å². The van der Waals surface area contributed by atoms with E-state index in [2.05, 4.69) is 5.32 Å². The Morgan fingerprint density at radius 2 is 1.82 bits per heavy atom. The minimum Gasteiger partial charge on any atom is -0.482 e. The lowest BCUT2D eigenvalue weighted by Crippen LogP contribution is -2.17. The summed E-state index contributed by atoms with van der Waals surface area (Å²) in [6, 6.07) is 13.2. The van der Waals surface area contributed by atoms with E-state index in [1.54, 1.807) is 48.5 Å². The highest BCUT2D eigenvalue weighted by atomic mass is 35.5. The molecule has 0 aliphatic heterocycles. The first-order valence-electron chi connectivity index (χ1n) is 6.49. The third-order valence-electron chi connectivity index (χ3n) is 2.56. The molecule has 0 heterocycles. The SMILES string of the molecule is CC(=O)Nc1cccc(OC(=O)COc2ccc(Cl)cc2)c1. The van der Waals surface area contributed by atoms with Crippen molar-refractivity contribution in [3.63, 3.8) is 0 Å². The molecule has 5 nitrogen and oxygen atoms in total. The number of rotatable bonds is 5. The van der Waals surface area contributed by atoms with E-state index in [0.717, 1.165) is 0 Å². The number of amides is 1. The Labute approximate surface area is 132 Å². The number of carbonyl (C=O) groups is 2. The summed E-state index contributed by atoms with van der Waals surface area (Å²) in [7, 11) is 0. The lowest BCUT2D eigenvalue weighted by atomic mass is 10.3. The number of ether oxygens (including phenoxy) is 2. The number of benzene rings is 2. The summed E-state index contributed by atoms with van der Waals surface area (Å²) in [4.78, 5) is 22.7. The van der Waals surface area contributed by atoms with Gasteiger partial charge in [-0.2, -0.15) is 0 Å². The minimum atomic E-state index is -0.546. The molecule has 2 rings (SSSR count). The largest absolute Gasteiger partial charge is 0.482 e. The molecule has 6 heteroatoms. The van der Waals surface area contributed by atoms with Crippen molar-refractivity contribution in [2.75, 3.05) is 11.9 Å². The van der Waals surface area contributed by atoms with Crippen LogP contribution in [0.15, 0.2) is 48.5 Å². The van der Waals surface area contributed by atoms with E-state index in [9.17, 15) is 9.59 Å². The Hall–Kier alpha value is -2.53. The lowest BCUT2D eigenvalue weighted by molar-refractivity contribution is -0.136. The second-order valence-corrected chi connectivity index (χ2v) is 4.86. The first kappa shape index (κ1) is 15.9. The fourth-order valence-corrected chi connectivity index (χ4v) is 1.80. The molecule has 0 spiro atoms. The molecule has 0 aliphatic rings. The molecule has 1 N–H and O–H groups in total. The average molecular weight is 320 g/mol. The van der Waals surface area contributed by atoms with Crippen LogP contribution in [0.25, 0.3) is 0 Å². The van der Waals surface area contributed by atoms with Crippen molar-refractivity contribution in [3.8, 4) is 11.5 Å². The monoisotopic (exact) mass is 319 g/mol. The predicted molar refractivity (Wildman–Crippen MR) is 83.3 cm³/mol. The molecular formula is C16H14ClNO4. The van der Waals surface area contributed by atoms with E-state index >= 15 is 0 Å². The number of carbonyl (C=O) groups excluding carboxylic acids is 2. The second-order valence-electron chi connectivity index (χ2n) is 4.43. The zero-order valence-corrected chi connectivity index (χ0v) is 12.6. The molecule has 0 bridgehead atoms. The standard InChI is InChI=1S/C16H14ClNO4/c1-11(19)18-13-3-2-4-15(9-13)22-16(20)10-21-14-7-5-12(17)6-8-14/h2-9H,10H2,1H3,(H,18,19). The van der Waals surface area contributed by atoms with Crippen molar-refractivity contribution in [1.29, 1.82) is 0 Å². The molecule has 0 aromatic heterocycles. The molecule has 0 fully saturated rings. The Morgan fingerprint density at radius 1 is 1.09 bits per heavy atom. The Kier molecular flexibility index (Phi) is 5.38. The number of anilines is 1. The van der Waals surface area contributed by atoms with Crippen molar-refractivity contribution >= 4 is 29.2 Å². The highest BCUT2D eigenvalue weighted by Crippen LogP contribution is 2.18. The van der Waals surface area contributed by atoms with Crippen LogP contribution in [0.1, 0.15) is 6.92 Å². The highest BCUT2D eigenvalue weighted by Gasteiger charge is 2.07. The van der Waals surface area contributed by atoms with Crippen LogP contribution < -0.4 is 14.8 Å². The Balaban J connectivity index is 1.89. The Morgan fingerprint density at radius 3 is 2.50 bits per heavy atom. The van der Waals surface area contributed by atoms with Crippen molar-refractivity contribution in [2.24, 2.45) is 0 Å². The molecule has 114 valence electrons. The molecule has 22 heavy (non-hydrogen) atoms. The molecule has 0 saturated heterocycles. The Bertz CT molecular complexity index is 670. The van der Waals surface area contributed by atoms with Crippen LogP contribution in [-0.2, 0) is 9.59 Å². The summed E-state index contributed by atoms with van der Waals surface area (Å²) in [5.74, 6) is 0.105. The summed E-state index contributed by atoms with van der Waals surface area (Å²) in [5, 5.41) is 3.20. The van der Waals surface area contributed by atoms with Gasteiger partial charge in [-0.3, -0.25) is 4.79 Å². The molecule has 0 saturated carbocycles. The van der Waals surface area contributed by atoms with Crippen molar-refractivity contribution < 1.29 is 19.1 Å². The van der Waals surface area contributed by atoms with Gasteiger partial charge >= 0.3 is 5.97 Å². The quantitative estimate of drug-likeness (QED) is 0.678. The van der Waals surface area contributed by atoms with Gasteiger partial charge in [0.1, 0.15) is 11.5 Å². The van der Waals surface area contributed by atoms with Gasteiger partial charge in [-0.15, -0.1) is 0 Å². The van der Waals surface area contributed by atoms with E-state index in [1.807, 2.05) is 0 Å². The van der Waals surface area contributed by atoms with Crippen LogP contribution in [0.2, 0.25) is 5.02 Å². The summed E-state index contributed by atoms with van der Waals surface area (Å²) < 4.78 is 10.4. The zero-order chi connectivity index (χ0) is 15.9. The summed E-state index contributed by atoms with van der Waals surface area (Å²) in [6.07, 6.45) is 0. The molecule has 2 aromatic carbocycles. The van der Waals surface area contributed by atoms with Crippen LogP contribution in [0, 0.1) is 0 Å². The van der Waals surface area contributed by atoms with Gasteiger partial charge in [0, 0.05) is 23.7 Å². The smallest absolute Gasteiger partial charge is 0.349 e. The lowest BCUT2D eigenvalue weighted by Gasteiger charge is -2.08. The van der Waals surface area contributed by atoms with Gasteiger partial charge in [0.15, 0.2) is 6.61 Å². The third-order valence-corrected chi connectivity index (χ3v) is 2.81. The van der Waals surface area contributed by atoms with E-state index in [-0.39, 0.29) is 12.5 Å². The van der Waals surface area contributed by atoms with Crippen molar-refractivity contribution in [3.05, 3.63) is 53.6 Å². The number of hydrogen-bond donors (Lipinski definition) is 1. The van der Waals surface area contributed by atoms with E-state index < -0.39 is 5.97 Å². The highest BCUT2D eigenvalue weighted by molar-refractivity contribution is 6.30. The van der Waals surface area contributed by atoms with Gasteiger partial charge < -0.3 is 14.8 Å². The minimum absolute atomic E-state index is 0.199. The van der Waals surface area contributed by atoms with Gasteiger partial charge in [-0.25, -0.2) is 4.79 Å². The first-order valence-corrected chi connectivity index (χ1v) is 6.87. The predicted octanol–water partition coefficient (Wildman–Crippen LogP) is 3.28. The van der Waals surface area contributed by atoms with Gasteiger partial charge in [0.25, 0.3) is 0 Å². The number of esters is 1. The summed E-state index contributed by atoms with van der Waals surface area (Å²) >= 11 is 5.76. The van der Waals surface area contributed by atoms with Crippen LogP contribution in [-0.4, -0.2) is 18.5 Å². The maximum Gasteiger partial charge on any atom is 0.349 e. The van der Waals surface area contributed by atoms with Gasteiger partial charge in [0.05, 0.1) is 0 Å². The maximum absolute atomic E-state index is 11.7. The van der Waals surface area contributed by atoms with Gasteiger partial charge in [0.2, 0.25) is 5.91 Å². The molecule has 2 aromatic rings. The van der Waals surface area contributed by atoms with Crippen LogP contribution in [0.3, 0.4) is 0 Å². The molecular weight excluding hydrogens is 306 g/mol. The fourth-order valence-electron chi connectivity index (χ4n) is 1.67. The molecule has 0 unspecified atom stereocenters. The normalized spacial score (nSPS) is 9.91. The topological polar surface area (TPSA) is 64.6 Å². The first-order chi connectivity index (χ1) is 10.5.